The number of hydrogen-bond donors (Lipinski definition) is 0. The van der Waals surface area contributed by atoms with E-state index >= 15 is 0 Å². The second kappa shape index (κ2) is 9.11. The van der Waals surface area contributed by atoms with Crippen molar-refractivity contribution in [1.29, 1.82) is 0 Å². The average Bonchev–Trinajstić information content (AvgIpc) is 3.91. The summed E-state index contributed by atoms with van der Waals surface area (Å²) in [6.07, 6.45) is 0. The van der Waals surface area contributed by atoms with Crippen molar-refractivity contribution in [2.24, 2.45) is 0 Å². The van der Waals surface area contributed by atoms with Crippen LogP contribution in [0, 0.1) is 0 Å². The van der Waals surface area contributed by atoms with E-state index in [1.807, 2.05) is 11.3 Å². The zero-order chi connectivity index (χ0) is 33.0. The normalized spacial score (nSPS) is 14.0. The van der Waals surface area contributed by atoms with Crippen molar-refractivity contribution in [3.8, 4) is 27.9 Å². The third-order valence-corrected chi connectivity index (χ3v) is 13.2. The van der Waals surface area contributed by atoms with E-state index in [-0.39, 0.29) is 5.41 Å². The van der Waals surface area contributed by atoms with Gasteiger partial charge in [0.2, 0.25) is 0 Å². The van der Waals surface area contributed by atoms with Gasteiger partial charge in [-0.2, -0.15) is 0 Å². The zero-order valence-electron chi connectivity index (χ0n) is 27.4. The summed E-state index contributed by atoms with van der Waals surface area (Å²) in [5.74, 6) is 0. The average molecular weight is 662 g/mol. The fraction of sp³-hybridized carbons (Fsp3) is 0.0204. The Balaban J connectivity index is 1.23. The van der Waals surface area contributed by atoms with Gasteiger partial charge in [0, 0.05) is 42.2 Å². The van der Waals surface area contributed by atoms with Crippen molar-refractivity contribution in [2.45, 2.75) is 5.41 Å². The van der Waals surface area contributed by atoms with Gasteiger partial charge in [-0.1, -0.05) is 140 Å². The van der Waals surface area contributed by atoms with Crippen molar-refractivity contribution in [3.05, 3.63) is 186 Å². The maximum absolute atomic E-state index is 2.59. The second-order valence-corrected chi connectivity index (χ2v) is 15.4. The summed E-state index contributed by atoms with van der Waals surface area (Å²) < 4.78 is 5.28. The zero-order valence-corrected chi connectivity index (χ0v) is 28.3. The van der Waals surface area contributed by atoms with Crippen LogP contribution in [-0.4, -0.2) is 4.57 Å². The highest BCUT2D eigenvalue weighted by atomic mass is 32.1. The van der Waals surface area contributed by atoms with E-state index in [2.05, 4.69) is 168 Å². The Morgan fingerprint density at radius 1 is 0.392 bits per heavy atom. The highest BCUT2D eigenvalue weighted by Gasteiger charge is 2.52. The van der Waals surface area contributed by atoms with Crippen molar-refractivity contribution in [1.82, 2.24) is 4.57 Å². The Kier molecular flexibility index (Phi) is 4.76. The van der Waals surface area contributed by atoms with E-state index in [9.17, 15) is 0 Å². The minimum Gasteiger partial charge on any atom is -0.309 e. The molecule has 0 bridgehead atoms. The van der Waals surface area contributed by atoms with Gasteiger partial charge in [-0.15, -0.1) is 11.3 Å². The molecule has 2 heterocycles. The van der Waals surface area contributed by atoms with Crippen LogP contribution in [0.15, 0.2) is 164 Å². The van der Waals surface area contributed by atoms with Gasteiger partial charge in [-0.25, -0.2) is 0 Å². The molecule has 2 aromatic heterocycles. The van der Waals surface area contributed by atoms with Crippen molar-refractivity contribution in [2.75, 3.05) is 0 Å². The molecule has 0 atom stereocenters. The summed E-state index contributed by atoms with van der Waals surface area (Å²) in [6, 6.07) is 62.0. The summed E-state index contributed by atoms with van der Waals surface area (Å²) >= 11 is 1.92. The number of thiophene rings is 1. The van der Waals surface area contributed by atoms with Gasteiger partial charge in [0.05, 0.1) is 16.4 Å². The predicted octanol–water partition coefficient (Wildman–Crippen LogP) is 13.2. The van der Waals surface area contributed by atoms with Crippen LogP contribution in [0.5, 0.6) is 0 Å². The molecular formula is C49H27NS. The molecule has 0 N–H and O–H groups in total. The summed E-state index contributed by atoms with van der Waals surface area (Å²) in [4.78, 5) is 0. The van der Waals surface area contributed by atoms with Gasteiger partial charge in [-0.3, -0.25) is 0 Å². The third kappa shape index (κ3) is 2.99. The maximum Gasteiger partial charge on any atom is 0.0726 e. The molecule has 0 radical (unpaired) electrons. The summed E-state index contributed by atoms with van der Waals surface area (Å²) in [7, 11) is 0. The molecule has 1 nitrogen and oxygen atoms in total. The van der Waals surface area contributed by atoms with Gasteiger partial charge in [0.15, 0.2) is 0 Å². The molecule has 0 unspecified atom stereocenters. The first-order valence-corrected chi connectivity index (χ1v) is 18.6. The molecule has 0 fully saturated rings. The molecule has 13 rings (SSSR count). The number of benzene rings is 9. The number of fused-ring (bicyclic) bond motifs is 17. The molecule has 234 valence electrons. The van der Waals surface area contributed by atoms with Gasteiger partial charge in [0.1, 0.15) is 0 Å². The smallest absolute Gasteiger partial charge is 0.0726 e. The lowest BCUT2D eigenvalue weighted by Crippen LogP contribution is -2.25. The fourth-order valence-corrected chi connectivity index (χ4v) is 11.5. The van der Waals surface area contributed by atoms with Crippen molar-refractivity contribution < 1.29 is 0 Å². The largest absolute Gasteiger partial charge is 0.309 e. The molecule has 51 heavy (non-hydrogen) atoms. The van der Waals surface area contributed by atoms with Crippen molar-refractivity contribution >= 4 is 74.9 Å². The number of hydrogen-bond acceptors (Lipinski definition) is 1. The minimum atomic E-state index is -0.384. The van der Waals surface area contributed by atoms with E-state index in [1.54, 1.807) is 0 Å². The van der Waals surface area contributed by atoms with E-state index in [0.717, 1.165) is 0 Å². The number of nitrogens with zero attached hydrogens (tertiary/aromatic N) is 1. The van der Waals surface area contributed by atoms with Crippen LogP contribution in [0.2, 0.25) is 0 Å². The lowest BCUT2D eigenvalue weighted by molar-refractivity contribution is 0.794. The third-order valence-electron chi connectivity index (χ3n) is 12.1. The van der Waals surface area contributed by atoms with Crippen LogP contribution < -0.4 is 0 Å². The summed E-state index contributed by atoms with van der Waals surface area (Å²) in [5.41, 5.74) is 14.2. The molecule has 2 aliphatic rings. The van der Waals surface area contributed by atoms with E-state index in [4.69, 9.17) is 0 Å². The monoisotopic (exact) mass is 661 g/mol. The van der Waals surface area contributed by atoms with Gasteiger partial charge < -0.3 is 4.57 Å². The topological polar surface area (TPSA) is 4.93 Å². The van der Waals surface area contributed by atoms with E-state index in [1.165, 1.54) is 114 Å². The molecular weight excluding hydrogens is 635 g/mol. The van der Waals surface area contributed by atoms with Crippen LogP contribution in [0.4, 0.5) is 0 Å². The quantitative estimate of drug-likeness (QED) is 0.154. The second-order valence-electron chi connectivity index (χ2n) is 14.3. The first kappa shape index (κ1) is 26.6. The lowest BCUT2D eigenvalue weighted by Gasteiger charge is -2.30. The summed E-state index contributed by atoms with van der Waals surface area (Å²) in [6.45, 7) is 0. The predicted molar refractivity (Wildman–Crippen MR) is 216 cm³/mol. The van der Waals surface area contributed by atoms with Crippen LogP contribution in [-0.2, 0) is 5.41 Å². The SMILES string of the molecule is c1ccc2c(c1)-c1ccccc1C21c2ccccc2-c2c1ccc1c3ccccc3n(-c3cc4sc5cccc6c7ccccc7c(c3)c4c56)c21. The fourth-order valence-electron chi connectivity index (χ4n) is 10.4. The molecule has 11 aromatic rings. The molecule has 0 saturated heterocycles. The maximum atomic E-state index is 2.59. The first-order valence-electron chi connectivity index (χ1n) is 17.8. The first-order chi connectivity index (χ1) is 25.3. The van der Waals surface area contributed by atoms with Gasteiger partial charge in [-0.05, 0) is 84.8 Å². The van der Waals surface area contributed by atoms with E-state index < -0.39 is 0 Å². The van der Waals surface area contributed by atoms with Crippen LogP contribution in [0.25, 0.3) is 91.5 Å². The Morgan fingerprint density at radius 3 is 1.75 bits per heavy atom. The molecule has 0 aliphatic heterocycles. The summed E-state index contributed by atoms with van der Waals surface area (Å²) in [5, 5.41) is 10.7. The Morgan fingerprint density at radius 2 is 0.980 bits per heavy atom. The Bertz CT molecular complexity index is 3270. The Hall–Kier alpha value is -6.22. The van der Waals surface area contributed by atoms with Gasteiger partial charge >= 0.3 is 0 Å². The molecule has 2 heteroatoms. The van der Waals surface area contributed by atoms with Crippen molar-refractivity contribution in [3.63, 3.8) is 0 Å². The number of rotatable bonds is 1. The Labute approximate surface area is 297 Å². The molecule has 2 aliphatic carbocycles. The highest BCUT2D eigenvalue weighted by Crippen LogP contribution is 2.64. The molecule has 0 saturated carbocycles. The standard InChI is InChI=1S/C49H27NS/c1-2-13-30-29(12-1)34-18-11-23-43-46(34)47-37(30)26-28(27-44(47)51-43)50-42-22-10-6-16-33(42)35-24-25-41-45(48(35)50)36-17-5-9-21-40(36)49(41)38-19-7-3-14-31(38)32-15-4-8-20-39(32)49/h1-27H. The highest BCUT2D eigenvalue weighted by molar-refractivity contribution is 7.26. The molecule has 9 aromatic carbocycles. The molecule has 1 spiro atoms. The number of aromatic nitrogens is 1. The van der Waals surface area contributed by atoms with E-state index in [0.29, 0.717) is 0 Å². The number of para-hydroxylation sites is 1. The van der Waals surface area contributed by atoms with Crippen LogP contribution in [0.1, 0.15) is 22.3 Å². The van der Waals surface area contributed by atoms with Crippen LogP contribution >= 0.6 is 11.3 Å². The molecule has 0 amide bonds. The lowest BCUT2D eigenvalue weighted by atomic mass is 9.70. The van der Waals surface area contributed by atoms with Crippen LogP contribution in [0.3, 0.4) is 0 Å². The minimum absolute atomic E-state index is 0.384. The van der Waals surface area contributed by atoms with Gasteiger partial charge in [0.25, 0.3) is 0 Å².